The SMILES string of the molecule is CN(C)CCOc1ccc(NC(=O)c2ccn(C3CCCNC3)n2)cc1. The summed E-state index contributed by atoms with van der Waals surface area (Å²) in [5, 5.41) is 10.7. The number of ether oxygens (including phenoxy) is 1. The highest BCUT2D eigenvalue weighted by Gasteiger charge is 2.17. The average molecular weight is 357 g/mol. The third-order valence-corrected chi connectivity index (χ3v) is 4.41. The van der Waals surface area contributed by atoms with Gasteiger partial charge in [0.05, 0.1) is 6.04 Å². The first-order valence-corrected chi connectivity index (χ1v) is 9.06. The molecule has 2 heterocycles. The predicted octanol–water partition coefficient (Wildman–Crippen LogP) is 2.00. The Morgan fingerprint density at radius 2 is 2.15 bits per heavy atom. The van der Waals surface area contributed by atoms with Gasteiger partial charge in [0.2, 0.25) is 0 Å². The summed E-state index contributed by atoms with van der Waals surface area (Å²) in [5.74, 6) is 0.590. The first-order chi connectivity index (χ1) is 12.6. The molecule has 2 N–H and O–H groups in total. The van der Waals surface area contributed by atoms with Gasteiger partial charge in [-0.25, -0.2) is 0 Å². The van der Waals surface area contributed by atoms with E-state index in [2.05, 4.69) is 20.6 Å². The van der Waals surface area contributed by atoms with E-state index in [-0.39, 0.29) is 5.91 Å². The first-order valence-electron chi connectivity index (χ1n) is 9.06. The van der Waals surface area contributed by atoms with Crippen LogP contribution in [0.3, 0.4) is 0 Å². The number of piperidine rings is 1. The molecule has 0 bridgehead atoms. The monoisotopic (exact) mass is 357 g/mol. The molecular formula is C19H27N5O2. The largest absolute Gasteiger partial charge is 0.492 e. The Hall–Kier alpha value is -2.38. The van der Waals surface area contributed by atoms with Crippen LogP contribution in [-0.4, -0.2) is 60.9 Å². The zero-order valence-electron chi connectivity index (χ0n) is 15.4. The first kappa shape index (κ1) is 18.4. The molecule has 1 aliphatic heterocycles. The van der Waals surface area contributed by atoms with Crippen LogP contribution in [0.2, 0.25) is 0 Å². The molecular weight excluding hydrogens is 330 g/mol. The number of rotatable bonds is 7. The minimum Gasteiger partial charge on any atom is -0.492 e. The molecule has 1 fully saturated rings. The van der Waals surface area contributed by atoms with Crippen LogP contribution < -0.4 is 15.4 Å². The number of carbonyl (C=O) groups is 1. The molecule has 1 saturated heterocycles. The van der Waals surface area contributed by atoms with Crippen LogP contribution in [0.4, 0.5) is 5.69 Å². The zero-order chi connectivity index (χ0) is 18.4. The molecule has 2 aromatic rings. The molecule has 1 aromatic carbocycles. The lowest BCUT2D eigenvalue weighted by Crippen LogP contribution is -2.32. The van der Waals surface area contributed by atoms with Crippen LogP contribution in [0.5, 0.6) is 5.75 Å². The van der Waals surface area contributed by atoms with Crippen molar-refractivity contribution in [3.05, 3.63) is 42.2 Å². The molecule has 1 aliphatic rings. The minimum absolute atomic E-state index is 0.200. The molecule has 140 valence electrons. The Morgan fingerprint density at radius 3 is 2.85 bits per heavy atom. The van der Waals surface area contributed by atoms with Crippen LogP contribution in [-0.2, 0) is 0 Å². The second kappa shape index (κ2) is 8.82. The van der Waals surface area contributed by atoms with E-state index in [9.17, 15) is 4.79 Å². The fourth-order valence-electron chi connectivity index (χ4n) is 2.90. The van der Waals surface area contributed by atoms with Gasteiger partial charge in [0.25, 0.3) is 5.91 Å². The minimum atomic E-state index is -0.200. The topological polar surface area (TPSA) is 71.4 Å². The van der Waals surface area contributed by atoms with Crippen LogP contribution in [0.15, 0.2) is 36.5 Å². The lowest BCUT2D eigenvalue weighted by molar-refractivity contribution is 0.102. The Labute approximate surface area is 154 Å². The Bertz CT molecular complexity index is 705. The molecule has 0 radical (unpaired) electrons. The van der Waals surface area contributed by atoms with Crippen molar-refractivity contribution in [2.24, 2.45) is 0 Å². The highest BCUT2D eigenvalue weighted by atomic mass is 16.5. The highest BCUT2D eigenvalue weighted by Crippen LogP contribution is 2.18. The van der Waals surface area contributed by atoms with Crippen molar-refractivity contribution in [3.63, 3.8) is 0 Å². The second-order valence-corrected chi connectivity index (χ2v) is 6.81. The van der Waals surface area contributed by atoms with E-state index in [1.54, 1.807) is 6.07 Å². The normalized spacial score (nSPS) is 17.3. The molecule has 1 amide bonds. The Kier molecular flexibility index (Phi) is 6.25. The van der Waals surface area contributed by atoms with Gasteiger partial charge in [-0.1, -0.05) is 0 Å². The van der Waals surface area contributed by atoms with Crippen LogP contribution in [0, 0.1) is 0 Å². The lowest BCUT2D eigenvalue weighted by atomic mass is 10.1. The summed E-state index contributed by atoms with van der Waals surface area (Å²) in [5.41, 5.74) is 1.16. The zero-order valence-corrected chi connectivity index (χ0v) is 15.4. The molecule has 1 unspecified atom stereocenters. The van der Waals surface area contributed by atoms with Gasteiger partial charge in [0.1, 0.15) is 12.4 Å². The molecule has 1 aromatic heterocycles. The Morgan fingerprint density at radius 1 is 1.35 bits per heavy atom. The number of anilines is 1. The van der Waals surface area contributed by atoms with E-state index in [0.29, 0.717) is 18.3 Å². The summed E-state index contributed by atoms with van der Waals surface area (Å²) < 4.78 is 7.55. The highest BCUT2D eigenvalue weighted by molar-refractivity contribution is 6.02. The lowest BCUT2D eigenvalue weighted by Gasteiger charge is -2.22. The van der Waals surface area contributed by atoms with Gasteiger partial charge in [-0.3, -0.25) is 9.48 Å². The van der Waals surface area contributed by atoms with Crippen molar-refractivity contribution in [1.29, 1.82) is 0 Å². The molecule has 0 spiro atoms. The number of aromatic nitrogens is 2. The quantitative estimate of drug-likeness (QED) is 0.793. The van der Waals surface area contributed by atoms with Gasteiger partial charge in [-0.05, 0) is 63.8 Å². The Balaban J connectivity index is 1.53. The number of amides is 1. The molecule has 7 heteroatoms. The van der Waals surface area contributed by atoms with E-state index in [4.69, 9.17) is 4.74 Å². The number of nitrogens with one attached hydrogen (secondary N) is 2. The average Bonchev–Trinajstić information content (AvgIpc) is 3.14. The number of hydrogen-bond acceptors (Lipinski definition) is 5. The summed E-state index contributed by atoms with van der Waals surface area (Å²) in [6.45, 7) is 3.45. The van der Waals surface area contributed by atoms with E-state index < -0.39 is 0 Å². The number of nitrogens with zero attached hydrogens (tertiary/aromatic N) is 3. The van der Waals surface area contributed by atoms with Crippen molar-refractivity contribution in [2.45, 2.75) is 18.9 Å². The van der Waals surface area contributed by atoms with Crippen molar-refractivity contribution in [1.82, 2.24) is 20.0 Å². The molecule has 0 saturated carbocycles. The van der Waals surface area contributed by atoms with Crippen LogP contribution in [0.1, 0.15) is 29.4 Å². The third-order valence-electron chi connectivity index (χ3n) is 4.41. The van der Waals surface area contributed by atoms with Gasteiger partial charge in [-0.15, -0.1) is 0 Å². The van der Waals surface area contributed by atoms with Gasteiger partial charge < -0.3 is 20.3 Å². The molecule has 26 heavy (non-hydrogen) atoms. The van der Waals surface area contributed by atoms with E-state index in [1.807, 2.05) is 49.2 Å². The molecule has 7 nitrogen and oxygen atoms in total. The number of carbonyl (C=O) groups excluding carboxylic acids is 1. The maximum absolute atomic E-state index is 12.4. The fourth-order valence-corrected chi connectivity index (χ4v) is 2.90. The maximum atomic E-state index is 12.4. The number of benzene rings is 1. The maximum Gasteiger partial charge on any atom is 0.276 e. The summed E-state index contributed by atoms with van der Waals surface area (Å²) in [4.78, 5) is 14.5. The van der Waals surface area contributed by atoms with Crippen molar-refractivity contribution < 1.29 is 9.53 Å². The standard InChI is InChI=1S/C19H27N5O2/c1-23(2)12-13-26-17-7-5-15(6-8-17)21-19(25)18-9-11-24(22-18)16-4-3-10-20-14-16/h5-9,11,16,20H,3-4,10,12-14H2,1-2H3,(H,21,25). The molecule has 3 rings (SSSR count). The summed E-state index contributed by atoms with van der Waals surface area (Å²) in [6.07, 6.45) is 4.11. The number of likely N-dealkylation sites (N-methyl/N-ethyl adjacent to an activating group) is 1. The smallest absolute Gasteiger partial charge is 0.276 e. The fraction of sp³-hybridized carbons (Fsp3) is 0.474. The van der Waals surface area contributed by atoms with Crippen molar-refractivity contribution >= 4 is 11.6 Å². The predicted molar refractivity (Wildman–Crippen MR) is 102 cm³/mol. The van der Waals surface area contributed by atoms with Crippen molar-refractivity contribution in [3.8, 4) is 5.75 Å². The molecule has 1 atom stereocenters. The third kappa shape index (κ3) is 5.06. The second-order valence-electron chi connectivity index (χ2n) is 6.81. The molecule has 0 aliphatic carbocycles. The summed E-state index contributed by atoms with van der Waals surface area (Å²) >= 11 is 0. The van der Waals surface area contributed by atoms with Gasteiger partial charge in [-0.2, -0.15) is 5.10 Å². The summed E-state index contributed by atoms with van der Waals surface area (Å²) in [6, 6.07) is 9.48. The van der Waals surface area contributed by atoms with E-state index in [1.165, 1.54) is 0 Å². The van der Waals surface area contributed by atoms with Crippen LogP contribution in [0.25, 0.3) is 0 Å². The van der Waals surface area contributed by atoms with Gasteiger partial charge in [0.15, 0.2) is 5.69 Å². The van der Waals surface area contributed by atoms with E-state index >= 15 is 0 Å². The van der Waals surface area contributed by atoms with Crippen molar-refractivity contribution in [2.75, 3.05) is 45.7 Å². The van der Waals surface area contributed by atoms with Crippen LogP contribution >= 0.6 is 0 Å². The van der Waals surface area contributed by atoms with E-state index in [0.717, 1.165) is 43.9 Å². The summed E-state index contributed by atoms with van der Waals surface area (Å²) in [7, 11) is 4.02. The number of hydrogen-bond donors (Lipinski definition) is 2. The van der Waals surface area contributed by atoms with Gasteiger partial charge in [0, 0.05) is 25.0 Å². The van der Waals surface area contributed by atoms with Gasteiger partial charge >= 0.3 is 0 Å².